The molecule has 0 aromatic heterocycles. The first-order valence-corrected chi connectivity index (χ1v) is 9.74. The van der Waals surface area contributed by atoms with Crippen LogP contribution in [0.25, 0.3) is 16.8 Å². The van der Waals surface area contributed by atoms with Crippen LogP contribution in [0.3, 0.4) is 0 Å². The van der Waals surface area contributed by atoms with Crippen molar-refractivity contribution in [2.75, 3.05) is 12.4 Å². The van der Waals surface area contributed by atoms with Crippen molar-refractivity contribution < 1.29 is 23.9 Å². The number of benzene rings is 3. The third kappa shape index (κ3) is 5.79. The highest BCUT2D eigenvalue weighted by atomic mass is 16.5. The third-order valence-electron chi connectivity index (χ3n) is 4.70. The van der Waals surface area contributed by atoms with Crippen molar-refractivity contribution in [3.05, 3.63) is 77.9 Å². The van der Waals surface area contributed by atoms with Gasteiger partial charge in [0.2, 0.25) is 0 Å². The van der Waals surface area contributed by atoms with Crippen molar-refractivity contribution in [3.63, 3.8) is 0 Å². The molecule has 1 atom stereocenters. The fourth-order valence-electron chi connectivity index (χ4n) is 2.94. The standard InChI is InChI=1S/C25H23NO5/c1-16(27)19-7-10-22(11-8-19)26-25(29)17(2)31-24(28)13-5-18-4-6-21-15-23(30-3)12-9-20(21)14-18/h4-15,17H,1-3H3,(H,26,29)/b13-5+/t17-/m1/s1. The van der Waals surface area contributed by atoms with E-state index in [9.17, 15) is 14.4 Å². The van der Waals surface area contributed by atoms with Crippen LogP contribution in [0, 0.1) is 0 Å². The average molecular weight is 417 g/mol. The van der Waals surface area contributed by atoms with E-state index in [2.05, 4.69) is 5.32 Å². The Bertz CT molecular complexity index is 1150. The fraction of sp³-hybridized carbons (Fsp3) is 0.160. The van der Waals surface area contributed by atoms with Crippen molar-refractivity contribution in [3.8, 4) is 5.75 Å². The molecule has 0 aliphatic heterocycles. The molecule has 0 bridgehead atoms. The van der Waals surface area contributed by atoms with E-state index in [0.717, 1.165) is 22.1 Å². The van der Waals surface area contributed by atoms with Crippen LogP contribution in [0.4, 0.5) is 5.69 Å². The first-order chi connectivity index (χ1) is 14.9. The number of ketones is 1. The number of nitrogens with one attached hydrogen (secondary N) is 1. The predicted molar refractivity (Wildman–Crippen MR) is 120 cm³/mol. The number of methoxy groups -OCH3 is 1. The number of fused-ring (bicyclic) bond motifs is 1. The van der Waals surface area contributed by atoms with Gasteiger partial charge in [-0.3, -0.25) is 9.59 Å². The monoisotopic (exact) mass is 417 g/mol. The molecule has 0 unspecified atom stereocenters. The molecule has 0 radical (unpaired) electrons. The number of Topliss-reactive ketones (excluding diaryl/α,β-unsaturated/α-hetero) is 1. The first-order valence-electron chi connectivity index (χ1n) is 9.74. The smallest absolute Gasteiger partial charge is 0.331 e. The van der Waals surface area contributed by atoms with E-state index in [1.54, 1.807) is 37.5 Å². The van der Waals surface area contributed by atoms with Crippen LogP contribution in [-0.2, 0) is 14.3 Å². The van der Waals surface area contributed by atoms with E-state index < -0.39 is 18.0 Å². The SMILES string of the molecule is COc1ccc2cc(/C=C/C(=O)O[C@H](C)C(=O)Nc3ccc(C(C)=O)cc3)ccc2c1. The summed E-state index contributed by atoms with van der Waals surface area (Å²) in [4.78, 5) is 35.7. The number of hydrogen-bond donors (Lipinski definition) is 1. The summed E-state index contributed by atoms with van der Waals surface area (Å²) < 4.78 is 10.4. The maximum Gasteiger partial charge on any atom is 0.331 e. The van der Waals surface area contributed by atoms with Crippen LogP contribution in [-0.4, -0.2) is 30.9 Å². The van der Waals surface area contributed by atoms with E-state index in [4.69, 9.17) is 9.47 Å². The van der Waals surface area contributed by atoms with Gasteiger partial charge in [0.05, 0.1) is 7.11 Å². The van der Waals surface area contributed by atoms with Crippen molar-refractivity contribution >= 4 is 40.2 Å². The molecule has 3 aromatic rings. The Morgan fingerprint density at radius 3 is 2.29 bits per heavy atom. The zero-order valence-corrected chi connectivity index (χ0v) is 17.5. The van der Waals surface area contributed by atoms with Crippen LogP contribution >= 0.6 is 0 Å². The summed E-state index contributed by atoms with van der Waals surface area (Å²) in [6, 6.07) is 18.0. The maximum atomic E-state index is 12.3. The summed E-state index contributed by atoms with van der Waals surface area (Å²) in [5.41, 5.74) is 1.90. The van der Waals surface area contributed by atoms with Crippen LogP contribution in [0.2, 0.25) is 0 Å². The molecule has 6 nitrogen and oxygen atoms in total. The zero-order chi connectivity index (χ0) is 22.4. The van der Waals surface area contributed by atoms with E-state index >= 15 is 0 Å². The Balaban J connectivity index is 1.57. The lowest BCUT2D eigenvalue weighted by Gasteiger charge is -2.12. The highest BCUT2D eigenvalue weighted by Crippen LogP contribution is 2.22. The van der Waals surface area contributed by atoms with Crippen LogP contribution in [0.1, 0.15) is 29.8 Å². The molecule has 0 saturated heterocycles. The zero-order valence-electron chi connectivity index (χ0n) is 17.5. The quantitative estimate of drug-likeness (QED) is 0.344. The third-order valence-corrected chi connectivity index (χ3v) is 4.70. The molecular formula is C25H23NO5. The Morgan fingerprint density at radius 1 is 0.935 bits per heavy atom. The molecule has 0 aliphatic rings. The lowest BCUT2D eigenvalue weighted by molar-refractivity contribution is -0.148. The van der Waals surface area contributed by atoms with Gasteiger partial charge in [-0.2, -0.15) is 0 Å². The summed E-state index contributed by atoms with van der Waals surface area (Å²) >= 11 is 0. The lowest BCUT2D eigenvalue weighted by atomic mass is 10.1. The van der Waals surface area contributed by atoms with Crippen LogP contribution in [0.15, 0.2) is 66.7 Å². The average Bonchev–Trinajstić information content (AvgIpc) is 2.77. The summed E-state index contributed by atoms with van der Waals surface area (Å²) in [5, 5.41) is 4.70. The number of ether oxygens (including phenoxy) is 2. The Hall–Kier alpha value is -3.93. The number of esters is 1. The van der Waals surface area contributed by atoms with Crippen molar-refractivity contribution in [1.82, 2.24) is 0 Å². The summed E-state index contributed by atoms with van der Waals surface area (Å²) in [6.07, 6.45) is 1.95. The molecule has 0 spiro atoms. The van der Waals surface area contributed by atoms with E-state index in [1.165, 1.54) is 19.9 Å². The van der Waals surface area contributed by atoms with Gasteiger partial charge in [0.15, 0.2) is 11.9 Å². The molecule has 31 heavy (non-hydrogen) atoms. The van der Waals surface area contributed by atoms with Gasteiger partial charge in [-0.05, 0) is 78.7 Å². The molecule has 0 aliphatic carbocycles. The van der Waals surface area contributed by atoms with Gasteiger partial charge in [-0.15, -0.1) is 0 Å². The van der Waals surface area contributed by atoms with E-state index in [1.807, 2.05) is 36.4 Å². The van der Waals surface area contributed by atoms with Gasteiger partial charge < -0.3 is 14.8 Å². The van der Waals surface area contributed by atoms with Gasteiger partial charge in [-0.25, -0.2) is 4.79 Å². The molecule has 1 N–H and O–H groups in total. The Morgan fingerprint density at radius 2 is 1.61 bits per heavy atom. The van der Waals surface area contributed by atoms with E-state index in [-0.39, 0.29) is 5.78 Å². The molecular weight excluding hydrogens is 394 g/mol. The van der Waals surface area contributed by atoms with Gasteiger partial charge in [0, 0.05) is 17.3 Å². The molecule has 158 valence electrons. The molecule has 6 heteroatoms. The number of hydrogen-bond acceptors (Lipinski definition) is 5. The van der Waals surface area contributed by atoms with Crippen molar-refractivity contribution in [2.24, 2.45) is 0 Å². The second-order valence-electron chi connectivity index (χ2n) is 7.01. The van der Waals surface area contributed by atoms with Crippen LogP contribution in [0.5, 0.6) is 5.75 Å². The fourth-order valence-corrected chi connectivity index (χ4v) is 2.94. The van der Waals surface area contributed by atoms with Crippen LogP contribution < -0.4 is 10.1 Å². The molecule has 0 heterocycles. The molecule has 0 saturated carbocycles. The minimum atomic E-state index is -0.978. The minimum absolute atomic E-state index is 0.0573. The highest BCUT2D eigenvalue weighted by molar-refractivity contribution is 5.98. The summed E-state index contributed by atoms with van der Waals surface area (Å²) in [7, 11) is 1.62. The molecule has 1 amide bonds. The van der Waals surface area contributed by atoms with Crippen molar-refractivity contribution in [1.29, 1.82) is 0 Å². The Kier molecular flexibility index (Phi) is 6.82. The number of amides is 1. The largest absolute Gasteiger partial charge is 0.497 e. The number of anilines is 1. The van der Waals surface area contributed by atoms with E-state index in [0.29, 0.717) is 11.3 Å². The van der Waals surface area contributed by atoms with Gasteiger partial charge in [-0.1, -0.05) is 18.2 Å². The molecule has 0 fully saturated rings. The second kappa shape index (κ2) is 9.71. The Labute approximate surface area is 180 Å². The lowest BCUT2D eigenvalue weighted by Crippen LogP contribution is -2.29. The predicted octanol–water partition coefficient (Wildman–Crippen LogP) is 4.63. The normalized spacial score (nSPS) is 11.8. The number of rotatable bonds is 7. The number of carbonyl (C=O) groups is 3. The second-order valence-corrected chi connectivity index (χ2v) is 7.01. The first kappa shape index (κ1) is 21.8. The van der Waals surface area contributed by atoms with Gasteiger partial charge in [0.25, 0.3) is 5.91 Å². The molecule has 3 aromatic carbocycles. The minimum Gasteiger partial charge on any atom is -0.497 e. The maximum absolute atomic E-state index is 12.3. The number of carbonyl (C=O) groups excluding carboxylic acids is 3. The summed E-state index contributed by atoms with van der Waals surface area (Å²) in [6.45, 7) is 2.96. The van der Waals surface area contributed by atoms with Crippen molar-refractivity contribution in [2.45, 2.75) is 20.0 Å². The summed E-state index contributed by atoms with van der Waals surface area (Å²) in [5.74, 6) is -0.360. The highest BCUT2D eigenvalue weighted by Gasteiger charge is 2.16. The van der Waals surface area contributed by atoms with Gasteiger partial charge in [0.1, 0.15) is 5.75 Å². The van der Waals surface area contributed by atoms with Gasteiger partial charge >= 0.3 is 5.97 Å². The molecule has 3 rings (SSSR count). The topological polar surface area (TPSA) is 81.7 Å².